The van der Waals surface area contributed by atoms with Crippen molar-refractivity contribution in [2.45, 2.75) is 75.2 Å². The monoisotopic (exact) mass is 851 g/mol. The van der Waals surface area contributed by atoms with Gasteiger partial charge in [-0.25, -0.2) is 4.79 Å². The molecule has 2 aliphatic rings. The van der Waals surface area contributed by atoms with Gasteiger partial charge in [0.25, 0.3) is 0 Å². The molecule has 9 nitrogen and oxygen atoms in total. The van der Waals surface area contributed by atoms with Crippen LogP contribution in [0.1, 0.15) is 46.2 Å². The van der Waals surface area contributed by atoms with Crippen LogP contribution in [0.25, 0.3) is 11.1 Å². The lowest BCUT2D eigenvalue weighted by atomic mass is 9.98. The number of hydrogen-bond donors (Lipinski definition) is 3. The lowest BCUT2D eigenvalue weighted by molar-refractivity contribution is -0.254. The largest absolute Gasteiger partial charge is 0.449 e. The maximum absolute atomic E-state index is 13.4. The van der Waals surface area contributed by atoms with Crippen molar-refractivity contribution in [1.29, 1.82) is 0 Å². The summed E-state index contributed by atoms with van der Waals surface area (Å²) < 4.78 is 39.5. The van der Waals surface area contributed by atoms with Gasteiger partial charge in [-0.3, -0.25) is 0 Å². The fraction of sp³-hybridized carbons (Fsp3) is 0.269. The molecule has 1 saturated heterocycles. The number of nitrogens with one attached hydrogen (secondary N) is 1. The summed E-state index contributed by atoms with van der Waals surface area (Å²) in [5.41, 5.74) is 7.78. The van der Waals surface area contributed by atoms with Crippen molar-refractivity contribution >= 4 is 22.5 Å². The maximum atomic E-state index is 13.4. The van der Waals surface area contributed by atoms with Crippen molar-refractivity contribution in [3.05, 3.63) is 203 Å². The van der Waals surface area contributed by atoms with E-state index >= 15 is 0 Å². The van der Waals surface area contributed by atoms with Crippen molar-refractivity contribution in [3.63, 3.8) is 0 Å². The highest BCUT2D eigenvalue weighted by molar-refractivity contribution is 7.99. The zero-order valence-electron chi connectivity index (χ0n) is 34.7. The molecule has 320 valence electrons. The van der Waals surface area contributed by atoms with Gasteiger partial charge >= 0.3 is 6.09 Å². The van der Waals surface area contributed by atoms with Crippen LogP contribution in [-0.2, 0) is 54.8 Å². The number of carbonyl (C=O) groups is 1. The predicted octanol–water partition coefficient (Wildman–Crippen LogP) is 9.76. The normalized spacial score (nSPS) is 20.4. The zero-order chi connectivity index (χ0) is 42.5. The molecule has 0 radical (unpaired) electrons. The molecule has 1 fully saturated rings. The van der Waals surface area contributed by atoms with E-state index in [1.807, 2.05) is 146 Å². The Morgan fingerprint density at radius 1 is 0.581 bits per heavy atom. The number of rotatable bonds is 18. The Hall–Kier alpha value is -5.43. The van der Waals surface area contributed by atoms with Gasteiger partial charge in [-0.15, -0.1) is 11.4 Å². The number of carbonyl (C=O) groups excluding carboxylic acids is 1. The first-order valence-electron chi connectivity index (χ1n) is 21.1. The standard InChI is InChI=1S/C52H53NO8S/c1-36(53-52(55)60-34-45-43-28-16-14-26-41(43)42-27-15-17-29-44(42)45)50(54)62-51-49(59-33-40-24-12-5-13-25-40)48(58-32-39-22-10-4-11-23-39)47(57-31-38-20-8-3-9-21-38)46(61-51)35-56-30-37-18-6-2-7-19-37/h2-29,36,45-49,51,54,62H,30-35H2,1H3,(H,53,55)/t36-,46-,47-,48+,49-,51-/m1/s1. The topological polar surface area (TPSA) is 105 Å². The Morgan fingerprint density at radius 2 is 1.02 bits per heavy atom. The lowest BCUT2D eigenvalue weighted by Gasteiger charge is -2.45. The van der Waals surface area contributed by atoms with Crippen LogP contribution in [0.4, 0.5) is 4.79 Å². The van der Waals surface area contributed by atoms with E-state index in [4.69, 9.17) is 28.4 Å². The average Bonchev–Trinajstić information content (AvgIpc) is 3.64. The highest BCUT2D eigenvalue weighted by Crippen LogP contribution is 2.44. The molecular weight excluding hydrogens is 799 g/mol. The van der Waals surface area contributed by atoms with Gasteiger partial charge in [-0.2, -0.15) is 0 Å². The Bertz CT molecular complexity index is 2300. The molecule has 0 saturated carbocycles. The van der Waals surface area contributed by atoms with Crippen LogP contribution in [-0.4, -0.2) is 65.4 Å². The van der Waals surface area contributed by atoms with Gasteiger partial charge in [0, 0.05) is 5.92 Å². The number of amides is 1. The molecule has 0 unspecified atom stereocenters. The summed E-state index contributed by atoms with van der Waals surface area (Å²) in [5, 5.41) is 14.6. The third-order valence-electron chi connectivity index (χ3n) is 11.2. The fourth-order valence-corrected chi connectivity index (χ4v) is 9.16. The second kappa shape index (κ2) is 21.6. The first-order valence-corrected chi connectivity index (χ1v) is 22.1. The molecule has 2 N–H and O–H groups in total. The molecule has 6 aromatic rings. The van der Waals surface area contributed by atoms with Crippen LogP contribution >= 0.6 is 11.4 Å². The fourth-order valence-electron chi connectivity index (χ4n) is 7.99. The maximum Gasteiger partial charge on any atom is 0.407 e. The number of benzene rings is 6. The van der Waals surface area contributed by atoms with E-state index in [1.165, 1.54) is 0 Å². The highest BCUT2D eigenvalue weighted by Gasteiger charge is 2.48. The Kier molecular flexibility index (Phi) is 15.0. The Labute approximate surface area is 367 Å². The summed E-state index contributed by atoms with van der Waals surface area (Å²) in [6.45, 7) is 3.30. The molecule has 10 heteroatoms. The van der Waals surface area contributed by atoms with Crippen molar-refractivity contribution in [2.24, 2.45) is 0 Å². The van der Waals surface area contributed by atoms with Crippen molar-refractivity contribution in [2.75, 3.05) is 13.2 Å². The van der Waals surface area contributed by atoms with Gasteiger partial charge in [0.05, 0.1) is 44.1 Å². The average molecular weight is 852 g/mol. The summed E-state index contributed by atoms with van der Waals surface area (Å²) in [4.78, 5) is 13.4. The minimum atomic E-state index is -0.783. The van der Waals surface area contributed by atoms with E-state index in [2.05, 4.69) is 29.6 Å². The number of aliphatic hydroxyl groups is 1. The minimum absolute atomic E-state index is 0.0220. The minimum Gasteiger partial charge on any atom is -0.449 e. The summed E-state index contributed by atoms with van der Waals surface area (Å²) in [6.07, 6.45) is -3.24. The second-order valence-electron chi connectivity index (χ2n) is 15.5. The number of hydrogen-bond acceptors (Lipinski definition) is 7. The first-order chi connectivity index (χ1) is 30.5. The third kappa shape index (κ3) is 11.1. The van der Waals surface area contributed by atoms with Crippen molar-refractivity contribution in [1.82, 2.24) is 5.32 Å². The molecule has 6 atom stereocenters. The number of aliphatic hydroxyl groups excluding tert-OH is 1. The number of fused-ring (bicyclic) bond motifs is 3. The summed E-state index contributed by atoms with van der Waals surface area (Å²) in [5.74, 6) is -0.0942. The van der Waals surface area contributed by atoms with Crippen LogP contribution < -0.4 is 5.32 Å². The van der Waals surface area contributed by atoms with E-state index in [1.54, 1.807) is 6.92 Å². The Morgan fingerprint density at radius 3 is 1.53 bits per heavy atom. The van der Waals surface area contributed by atoms with Crippen molar-refractivity contribution in [3.8, 4) is 11.1 Å². The highest BCUT2D eigenvalue weighted by atomic mass is 32.1. The van der Waals surface area contributed by atoms with Crippen LogP contribution in [0, 0.1) is 0 Å². The number of thiol groups is 1. The van der Waals surface area contributed by atoms with Crippen LogP contribution in [0.2, 0.25) is 0 Å². The van der Waals surface area contributed by atoms with Crippen molar-refractivity contribution < 1.29 is 38.3 Å². The van der Waals surface area contributed by atoms with Gasteiger partial charge < -0.3 is 38.8 Å². The van der Waals surface area contributed by atoms with Gasteiger partial charge in [0.2, 0.25) is 0 Å². The summed E-state index contributed by atoms with van der Waals surface area (Å²) in [6, 6.07) is 55.5. The van der Waals surface area contributed by atoms with Gasteiger partial charge in [0.15, 0.2) is 0 Å². The lowest BCUT2D eigenvalue weighted by Crippen LogP contribution is -2.60. The van der Waals surface area contributed by atoms with Gasteiger partial charge in [0.1, 0.15) is 36.5 Å². The smallest absolute Gasteiger partial charge is 0.407 e. The molecular formula is C52H53NO8S. The number of ether oxygens (including phenoxy) is 6. The van der Waals surface area contributed by atoms with E-state index in [9.17, 15) is 9.90 Å². The molecule has 8 rings (SSSR count). The predicted molar refractivity (Wildman–Crippen MR) is 244 cm³/mol. The summed E-state index contributed by atoms with van der Waals surface area (Å²) >= 11 is 0.384. The molecule has 1 aliphatic heterocycles. The van der Waals surface area contributed by atoms with Crippen LogP contribution in [0.5, 0.6) is 0 Å². The zero-order valence-corrected chi connectivity index (χ0v) is 35.6. The third-order valence-corrected chi connectivity index (χ3v) is 12.5. The molecule has 0 aromatic heterocycles. The molecule has 0 bridgehead atoms. The molecule has 1 heterocycles. The van der Waals surface area contributed by atoms with E-state index < -0.39 is 42.0 Å². The molecule has 1 aliphatic carbocycles. The second-order valence-corrected chi connectivity index (χ2v) is 16.8. The van der Waals surface area contributed by atoms with Gasteiger partial charge in [-0.05, 0) is 51.4 Å². The van der Waals surface area contributed by atoms with E-state index in [0.717, 1.165) is 44.5 Å². The number of alkyl carbamates (subject to hydrolysis) is 1. The van der Waals surface area contributed by atoms with Crippen LogP contribution in [0.3, 0.4) is 0 Å². The van der Waals surface area contributed by atoms with Crippen LogP contribution in [0.15, 0.2) is 170 Å². The van der Waals surface area contributed by atoms with E-state index in [0.29, 0.717) is 31.2 Å². The molecule has 6 aromatic carbocycles. The Balaban J connectivity index is 1.05. The quantitative estimate of drug-likeness (QED) is 0.0581. The first kappa shape index (κ1) is 43.2. The summed E-state index contributed by atoms with van der Waals surface area (Å²) in [7, 11) is 0. The molecule has 1 amide bonds. The molecule has 0 spiro atoms. The SMILES string of the molecule is C[C@@H](NC(=O)OCC1c2ccccc2-c2ccccc21)C(O)=[SH][C@H]1O[C@H](COCc2ccccc2)[C@@H](OCc2ccccc2)[C@H](OCc2ccccc2)[C@H]1OCc1ccccc1. The molecule has 62 heavy (non-hydrogen) atoms. The van der Waals surface area contributed by atoms with Gasteiger partial charge in [-0.1, -0.05) is 170 Å². The van der Waals surface area contributed by atoms with E-state index in [-0.39, 0.29) is 30.8 Å².